The molecule has 100 valence electrons. The van der Waals surface area contributed by atoms with Crippen molar-refractivity contribution >= 4 is 0 Å². The predicted octanol–water partition coefficient (Wildman–Crippen LogP) is 1.38. The zero-order valence-corrected chi connectivity index (χ0v) is 11.8. The van der Waals surface area contributed by atoms with Gasteiger partial charge in [0, 0.05) is 38.8 Å². The molecule has 3 heteroatoms. The highest BCUT2D eigenvalue weighted by molar-refractivity contribution is 5.33. The van der Waals surface area contributed by atoms with Gasteiger partial charge in [0.25, 0.3) is 0 Å². The molecule has 1 heterocycles. The third-order valence-corrected chi connectivity index (χ3v) is 4.09. The predicted molar refractivity (Wildman–Crippen MR) is 76.7 cm³/mol. The minimum Gasteiger partial charge on any atom is -0.329 e. The van der Waals surface area contributed by atoms with E-state index in [9.17, 15) is 0 Å². The van der Waals surface area contributed by atoms with Gasteiger partial charge in [-0.15, -0.1) is 0 Å². The highest BCUT2D eigenvalue weighted by Gasteiger charge is 2.24. The van der Waals surface area contributed by atoms with Gasteiger partial charge in [-0.2, -0.15) is 0 Å². The van der Waals surface area contributed by atoms with Crippen molar-refractivity contribution in [1.29, 1.82) is 0 Å². The summed E-state index contributed by atoms with van der Waals surface area (Å²) in [6, 6.07) is 7.03. The summed E-state index contributed by atoms with van der Waals surface area (Å²) in [4.78, 5) is 4.91. The van der Waals surface area contributed by atoms with Gasteiger partial charge in [-0.3, -0.25) is 4.90 Å². The number of nitrogens with two attached hydrogens (primary N) is 1. The van der Waals surface area contributed by atoms with Crippen LogP contribution in [0.4, 0.5) is 0 Å². The Kier molecular flexibility index (Phi) is 4.38. The molecule has 0 aromatic heterocycles. The van der Waals surface area contributed by atoms with Gasteiger partial charge in [-0.05, 0) is 37.6 Å². The maximum Gasteiger partial charge on any atom is 0.0349 e. The Balaban J connectivity index is 2.12. The average molecular weight is 247 g/mol. The van der Waals surface area contributed by atoms with E-state index in [0.717, 1.165) is 32.7 Å². The molecule has 1 unspecified atom stereocenters. The Hall–Kier alpha value is -0.900. The first-order valence-corrected chi connectivity index (χ1v) is 6.79. The summed E-state index contributed by atoms with van der Waals surface area (Å²) in [5, 5.41) is 0. The number of hydrogen-bond donors (Lipinski definition) is 1. The summed E-state index contributed by atoms with van der Waals surface area (Å²) < 4.78 is 0. The second kappa shape index (κ2) is 5.83. The van der Waals surface area contributed by atoms with Gasteiger partial charge in [0.2, 0.25) is 0 Å². The van der Waals surface area contributed by atoms with E-state index in [4.69, 9.17) is 5.73 Å². The number of likely N-dealkylation sites (N-methyl/N-ethyl adjacent to an activating group) is 1. The summed E-state index contributed by atoms with van der Waals surface area (Å²) >= 11 is 0. The topological polar surface area (TPSA) is 32.5 Å². The highest BCUT2D eigenvalue weighted by atomic mass is 15.3. The third-order valence-electron chi connectivity index (χ3n) is 4.09. The van der Waals surface area contributed by atoms with Gasteiger partial charge in [-0.1, -0.05) is 18.2 Å². The highest BCUT2D eigenvalue weighted by Crippen LogP contribution is 2.18. The van der Waals surface area contributed by atoms with Gasteiger partial charge >= 0.3 is 0 Å². The molecule has 0 aliphatic carbocycles. The zero-order chi connectivity index (χ0) is 13.1. The fourth-order valence-corrected chi connectivity index (χ4v) is 2.78. The van der Waals surface area contributed by atoms with Crippen LogP contribution in [-0.2, 0) is 6.54 Å². The van der Waals surface area contributed by atoms with Gasteiger partial charge < -0.3 is 10.6 Å². The summed E-state index contributed by atoms with van der Waals surface area (Å²) in [6.45, 7) is 9.53. The molecule has 18 heavy (non-hydrogen) atoms. The first-order valence-electron chi connectivity index (χ1n) is 6.79. The van der Waals surface area contributed by atoms with Crippen LogP contribution < -0.4 is 5.73 Å². The molecule has 1 aliphatic rings. The lowest BCUT2D eigenvalue weighted by Gasteiger charge is -2.40. The summed E-state index contributed by atoms with van der Waals surface area (Å²) in [7, 11) is 2.18. The van der Waals surface area contributed by atoms with Gasteiger partial charge in [0.1, 0.15) is 0 Å². The first kappa shape index (κ1) is 13.5. The van der Waals surface area contributed by atoms with Crippen LogP contribution in [0.25, 0.3) is 0 Å². The Morgan fingerprint density at radius 2 is 1.89 bits per heavy atom. The molecular weight excluding hydrogens is 222 g/mol. The van der Waals surface area contributed by atoms with Crippen LogP contribution in [0.5, 0.6) is 0 Å². The van der Waals surface area contributed by atoms with Crippen LogP contribution in [0.15, 0.2) is 18.2 Å². The molecule has 2 rings (SSSR count). The summed E-state index contributed by atoms with van der Waals surface area (Å²) in [5.41, 5.74) is 10.2. The molecule has 0 saturated carbocycles. The van der Waals surface area contributed by atoms with E-state index in [1.165, 1.54) is 16.7 Å². The van der Waals surface area contributed by atoms with Gasteiger partial charge in [-0.25, -0.2) is 0 Å². The van der Waals surface area contributed by atoms with E-state index in [0.29, 0.717) is 6.04 Å². The van der Waals surface area contributed by atoms with Crippen LogP contribution in [0.3, 0.4) is 0 Å². The molecule has 1 atom stereocenters. The van der Waals surface area contributed by atoms with Crippen molar-refractivity contribution in [3.05, 3.63) is 34.9 Å². The Bertz CT molecular complexity index is 382. The van der Waals surface area contributed by atoms with E-state index in [1.807, 2.05) is 0 Å². The monoisotopic (exact) mass is 247 g/mol. The molecule has 0 amide bonds. The average Bonchev–Trinajstić information content (AvgIpc) is 2.35. The molecule has 1 fully saturated rings. The van der Waals surface area contributed by atoms with Crippen LogP contribution in [0.2, 0.25) is 0 Å². The number of benzene rings is 1. The largest absolute Gasteiger partial charge is 0.329 e. The molecule has 1 aromatic rings. The standard InChI is InChI=1S/C15H25N3/c1-12-5-4-6-13(2)15(12)11-18-8-7-17(3)10-14(18)9-16/h4-6,14H,7-11,16H2,1-3H3. The fraction of sp³-hybridized carbons (Fsp3) is 0.600. The molecule has 1 aromatic carbocycles. The summed E-state index contributed by atoms with van der Waals surface area (Å²) in [5.74, 6) is 0. The Morgan fingerprint density at radius 1 is 1.22 bits per heavy atom. The van der Waals surface area contributed by atoms with E-state index >= 15 is 0 Å². The van der Waals surface area contributed by atoms with E-state index in [1.54, 1.807) is 0 Å². The second-order valence-electron chi connectivity index (χ2n) is 5.49. The van der Waals surface area contributed by atoms with Crippen molar-refractivity contribution < 1.29 is 0 Å². The third kappa shape index (κ3) is 2.91. The number of piperazine rings is 1. The number of aryl methyl sites for hydroxylation is 2. The normalized spacial score (nSPS) is 22.3. The smallest absolute Gasteiger partial charge is 0.0349 e. The molecular formula is C15H25N3. The van der Waals surface area contributed by atoms with E-state index < -0.39 is 0 Å². The maximum atomic E-state index is 5.92. The lowest BCUT2D eigenvalue weighted by Crippen LogP contribution is -2.54. The van der Waals surface area contributed by atoms with Gasteiger partial charge in [0.15, 0.2) is 0 Å². The minimum atomic E-state index is 0.489. The number of nitrogens with zero attached hydrogens (tertiary/aromatic N) is 2. The van der Waals surface area contributed by atoms with E-state index in [-0.39, 0.29) is 0 Å². The van der Waals surface area contributed by atoms with Crippen LogP contribution >= 0.6 is 0 Å². The van der Waals surface area contributed by atoms with E-state index in [2.05, 4.69) is 48.9 Å². The molecule has 0 spiro atoms. The van der Waals surface area contributed by atoms with Crippen molar-refractivity contribution in [1.82, 2.24) is 9.80 Å². The minimum absolute atomic E-state index is 0.489. The Morgan fingerprint density at radius 3 is 2.50 bits per heavy atom. The molecule has 0 radical (unpaired) electrons. The fourth-order valence-electron chi connectivity index (χ4n) is 2.78. The zero-order valence-electron chi connectivity index (χ0n) is 11.8. The lowest BCUT2D eigenvalue weighted by molar-refractivity contribution is 0.0878. The van der Waals surface area contributed by atoms with Crippen LogP contribution in [0.1, 0.15) is 16.7 Å². The first-order chi connectivity index (χ1) is 8.61. The number of rotatable bonds is 3. The van der Waals surface area contributed by atoms with Crippen molar-refractivity contribution in [2.24, 2.45) is 5.73 Å². The molecule has 3 nitrogen and oxygen atoms in total. The van der Waals surface area contributed by atoms with Gasteiger partial charge in [0.05, 0.1) is 0 Å². The van der Waals surface area contributed by atoms with Crippen molar-refractivity contribution in [2.45, 2.75) is 26.4 Å². The molecule has 1 aliphatic heterocycles. The quantitative estimate of drug-likeness (QED) is 0.876. The lowest BCUT2D eigenvalue weighted by atomic mass is 10.0. The number of hydrogen-bond acceptors (Lipinski definition) is 3. The summed E-state index contributed by atoms with van der Waals surface area (Å²) in [6.07, 6.45) is 0. The Labute approximate surface area is 111 Å². The molecule has 0 bridgehead atoms. The molecule has 2 N–H and O–H groups in total. The van der Waals surface area contributed by atoms with Crippen LogP contribution in [-0.4, -0.2) is 49.1 Å². The molecule has 1 saturated heterocycles. The van der Waals surface area contributed by atoms with Crippen molar-refractivity contribution in [3.8, 4) is 0 Å². The second-order valence-corrected chi connectivity index (χ2v) is 5.49. The van der Waals surface area contributed by atoms with Crippen molar-refractivity contribution in [3.63, 3.8) is 0 Å². The maximum absolute atomic E-state index is 5.92. The van der Waals surface area contributed by atoms with Crippen LogP contribution in [0, 0.1) is 13.8 Å². The SMILES string of the molecule is Cc1cccc(C)c1CN1CCN(C)CC1CN. The van der Waals surface area contributed by atoms with Crippen molar-refractivity contribution in [2.75, 3.05) is 33.2 Å².